The maximum atomic E-state index is 12.2. The number of carbonyl (C=O) groups excluding carboxylic acids is 1. The first kappa shape index (κ1) is 19.1. The Morgan fingerprint density at radius 2 is 1.84 bits per heavy atom. The molecule has 0 aliphatic rings. The number of nitrogens with zero attached hydrogens (tertiary/aromatic N) is 2. The monoisotopic (exact) mass is 364 g/mol. The van der Waals surface area contributed by atoms with Crippen LogP contribution in [-0.2, 0) is 23.1 Å². The highest BCUT2D eigenvalue weighted by molar-refractivity contribution is 7.89. The van der Waals surface area contributed by atoms with Crippen molar-refractivity contribution in [2.75, 3.05) is 0 Å². The van der Waals surface area contributed by atoms with Crippen LogP contribution in [0.15, 0.2) is 41.6 Å². The number of aryl methyl sites for hydroxylation is 1. The summed E-state index contributed by atoms with van der Waals surface area (Å²) in [4.78, 5) is 12.3. The molecule has 0 aliphatic carbocycles. The van der Waals surface area contributed by atoms with Gasteiger partial charge in [-0.15, -0.1) is 0 Å². The Labute approximate surface area is 148 Å². The quantitative estimate of drug-likeness (QED) is 0.819. The molecule has 0 saturated carbocycles. The molecule has 0 aliphatic heterocycles. The highest BCUT2D eigenvalue weighted by atomic mass is 32.2. The van der Waals surface area contributed by atoms with E-state index < -0.39 is 15.6 Å². The van der Waals surface area contributed by atoms with E-state index in [-0.39, 0.29) is 10.8 Å². The summed E-state index contributed by atoms with van der Waals surface area (Å²) in [5.41, 5.74) is 0.735. The maximum Gasteiger partial charge on any atom is 0.251 e. The third-order valence-electron chi connectivity index (χ3n) is 3.33. The molecule has 0 spiro atoms. The van der Waals surface area contributed by atoms with Gasteiger partial charge in [0.15, 0.2) is 0 Å². The standard InChI is InChI=1S/C17H24N4O3S/c1-5-21-12-13(11-19-21)10-18-16(22)14-6-8-15(9-7-14)25(23,24)20-17(2,3)4/h6-9,11-12,20H,5,10H2,1-4H3,(H,18,22). The van der Waals surface area contributed by atoms with Gasteiger partial charge in [0.25, 0.3) is 5.91 Å². The van der Waals surface area contributed by atoms with Crippen molar-refractivity contribution in [3.05, 3.63) is 47.8 Å². The molecule has 0 fully saturated rings. The number of sulfonamides is 1. The Hall–Kier alpha value is -2.19. The lowest BCUT2D eigenvalue weighted by Crippen LogP contribution is -2.40. The lowest BCUT2D eigenvalue weighted by Gasteiger charge is -2.20. The molecule has 0 bridgehead atoms. The fourth-order valence-corrected chi connectivity index (χ4v) is 3.62. The van der Waals surface area contributed by atoms with Gasteiger partial charge >= 0.3 is 0 Å². The van der Waals surface area contributed by atoms with Crippen LogP contribution in [0.3, 0.4) is 0 Å². The average molecular weight is 364 g/mol. The lowest BCUT2D eigenvalue weighted by molar-refractivity contribution is 0.0951. The molecule has 1 aromatic heterocycles. The van der Waals surface area contributed by atoms with Crippen LogP contribution in [0.4, 0.5) is 0 Å². The highest BCUT2D eigenvalue weighted by Gasteiger charge is 2.22. The molecule has 1 heterocycles. The van der Waals surface area contributed by atoms with E-state index in [9.17, 15) is 13.2 Å². The summed E-state index contributed by atoms with van der Waals surface area (Å²) >= 11 is 0. The summed E-state index contributed by atoms with van der Waals surface area (Å²) in [7, 11) is -3.61. The van der Waals surface area contributed by atoms with Crippen molar-refractivity contribution >= 4 is 15.9 Å². The van der Waals surface area contributed by atoms with Gasteiger partial charge in [0, 0.05) is 36.0 Å². The predicted molar refractivity (Wildman–Crippen MR) is 95.6 cm³/mol. The largest absolute Gasteiger partial charge is 0.348 e. The van der Waals surface area contributed by atoms with Crippen LogP contribution in [0.2, 0.25) is 0 Å². The third kappa shape index (κ3) is 5.40. The van der Waals surface area contributed by atoms with Crippen LogP contribution in [0.1, 0.15) is 43.6 Å². The Bertz CT molecular complexity index is 834. The van der Waals surface area contributed by atoms with Crippen molar-refractivity contribution < 1.29 is 13.2 Å². The molecule has 1 amide bonds. The highest BCUT2D eigenvalue weighted by Crippen LogP contribution is 2.14. The number of hydrogen-bond donors (Lipinski definition) is 2. The van der Waals surface area contributed by atoms with E-state index in [1.54, 1.807) is 31.6 Å². The van der Waals surface area contributed by atoms with E-state index >= 15 is 0 Å². The van der Waals surface area contributed by atoms with Crippen LogP contribution >= 0.6 is 0 Å². The molecule has 0 saturated heterocycles. The minimum absolute atomic E-state index is 0.128. The fraction of sp³-hybridized carbons (Fsp3) is 0.412. The second-order valence-electron chi connectivity index (χ2n) is 6.77. The minimum atomic E-state index is -3.61. The molecule has 0 unspecified atom stereocenters. The molecule has 25 heavy (non-hydrogen) atoms. The zero-order valence-corrected chi connectivity index (χ0v) is 15.7. The molecular weight excluding hydrogens is 340 g/mol. The number of aromatic nitrogens is 2. The van der Waals surface area contributed by atoms with Crippen molar-refractivity contribution in [1.82, 2.24) is 19.8 Å². The van der Waals surface area contributed by atoms with Gasteiger partial charge < -0.3 is 5.32 Å². The van der Waals surface area contributed by atoms with Gasteiger partial charge in [-0.05, 0) is 52.0 Å². The van der Waals surface area contributed by atoms with Crippen molar-refractivity contribution in [3.63, 3.8) is 0 Å². The molecule has 7 nitrogen and oxygen atoms in total. The Balaban J connectivity index is 2.02. The molecule has 0 atom stereocenters. The zero-order valence-electron chi connectivity index (χ0n) is 14.9. The molecule has 2 aromatic rings. The van der Waals surface area contributed by atoms with Gasteiger partial charge in [0.1, 0.15) is 0 Å². The third-order valence-corrected chi connectivity index (χ3v) is 5.11. The summed E-state index contributed by atoms with van der Waals surface area (Å²) in [5, 5.41) is 6.94. The van der Waals surface area contributed by atoms with Crippen molar-refractivity contribution in [2.24, 2.45) is 0 Å². The van der Waals surface area contributed by atoms with Crippen molar-refractivity contribution in [2.45, 2.75) is 51.2 Å². The molecular formula is C17H24N4O3S. The number of nitrogens with one attached hydrogen (secondary N) is 2. The van der Waals surface area contributed by atoms with Gasteiger partial charge in [-0.25, -0.2) is 13.1 Å². The van der Waals surface area contributed by atoms with Gasteiger partial charge in [0.2, 0.25) is 10.0 Å². The fourth-order valence-electron chi connectivity index (χ4n) is 2.20. The summed E-state index contributed by atoms with van der Waals surface area (Å²) in [6, 6.07) is 5.86. The lowest BCUT2D eigenvalue weighted by atomic mass is 10.1. The van der Waals surface area contributed by atoms with Crippen LogP contribution < -0.4 is 10.0 Å². The molecule has 1 aromatic carbocycles. The molecule has 2 rings (SSSR count). The molecule has 136 valence electrons. The topological polar surface area (TPSA) is 93.1 Å². The summed E-state index contributed by atoms with van der Waals surface area (Å²) in [5.74, 6) is -0.267. The Morgan fingerprint density at radius 1 is 1.20 bits per heavy atom. The average Bonchev–Trinajstić information content (AvgIpc) is 2.98. The Kier molecular flexibility index (Phi) is 5.64. The number of hydrogen-bond acceptors (Lipinski definition) is 4. The second kappa shape index (κ2) is 7.37. The Morgan fingerprint density at radius 3 is 2.36 bits per heavy atom. The predicted octanol–water partition coefficient (Wildman–Crippen LogP) is 1.91. The van der Waals surface area contributed by atoms with E-state index in [1.165, 1.54) is 24.3 Å². The SMILES string of the molecule is CCn1cc(CNC(=O)c2ccc(S(=O)(=O)NC(C)(C)C)cc2)cn1. The van der Waals surface area contributed by atoms with E-state index in [2.05, 4.69) is 15.1 Å². The van der Waals surface area contributed by atoms with Gasteiger partial charge in [-0.2, -0.15) is 5.10 Å². The van der Waals surface area contributed by atoms with E-state index in [0.717, 1.165) is 12.1 Å². The van der Waals surface area contributed by atoms with Crippen LogP contribution in [0.25, 0.3) is 0 Å². The zero-order chi connectivity index (χ0) is 18.7. The van der Waals surface area contributed by atoms with Crippen LogP contribution in [-0.4, -0.2) is 29.6 Å². The number of amides is 1. The first-order valence-corrected chi connectivity index (χ1v) is 9.52. The summed E-state index contributed by atoms with van der Waals surface area (Å²) < 4.78 is 28.9. The molecule has 8 heteroatoms. The van der Waals surface area contributed by atoms with Gasteiger partial charge in [0.05, 0.1) is 11.1 Å². The van der Waals surface area contributed by atoms with Crippen molar-refractivity contribution in [1.29, 1.82) is 0 Å². The smallest absolute Gasteiger partial charge is 0.251 e. The van der Waals surface area contributed by atoms with Crippen molar-refractivity contribution in [3.8, 4) is 0 Å². The number of rotatable bonds is 6. The van der Waals surface area contributed by atoms with E-state index in [0.29, 0.717) is 12.1 Å². The number of benzene rings is 1. The second-order valence-corrected chi connectivity index (χ2v) is 8.45. The summed E-state index contributed by atoms with van der Waals surface area (Å²) in [6.45, 7) is 8.43. The minimum Gasteiger partial charge on any atom is -0.348 e. The molecule has 0 radical (unpaired) electrons. The van der Waals surface area contributed by atoms with Gasteiger partial charge in [-0.1, -0.05) is 0 Å². The van der Waals surface area contributed by atoms with E-state index in [1.807, 2.05) is 13.1 Å². The normalized spacial score (nSPS) is 12.2. The summed E-state index contributed by atoms with van der Waals surface area (Å²) in [6.07, 6.45) is 3.58. The number of carbonyl (C=O) groups is 1. The molecule has 2 N–H and O–H groups in total. The van der Waals surface area contributed by atoms with Gasteiger partial charge in [-0.3, -0.25) is 9.48 Å². The first-order chi connectivity index (χ1) is 11.6. The van der Waals surface area contributed by atoms with E-state index in [4.69, 9.17) is 0 Å². The first-order valence-electron chi connectivity index (χ1n) is 8.04. The van der Waals surface area contributed by atoms with Crippen LogP contribution in [0, 0.1) is 0 Å². The van der Waals surface area contributed by atoms with Crippen LogP contribution in [0.5, 0.6) is 0 Å². The maximum absolute atomic E-state index is 12.2.